The number of nitrogens with one attached hydrogen (secondary N) is 2. The molecule has 7 heteroatoms. The van der Waals surface area contributed by atoms with E-state index in [9.17, 15) is 13.2 Å². The van der Waals surface area contributed by atoms with Gasteiger partial charge in [0, 0.05) is 39.4 Å². The third-order valence-corrected chi connectivity index (χ3v) is 9.07. The molecule has 1 unspecified atom stereocenters. The Morgan fingerprint density at radius 2 is 1.89 bits per heavy atom. The number of sulfonamides is 1. The molecule has 0 radical (unpaired) electrons. The fourth-order valence-corrected chi connectivity index (χ4v) is 6.90. The second-order valence-corrected chi connectivity index (χ2v) is 12.5. The zero-order chi connectivity index (χ0) is 24.7. The van der Waals surface area contributed by atoms with E-state index >= 15 is 0 Å². The Kier molecular flexibility index (Phi) is 4.65. The van der Waals surface area contributed by atoms with Crippen molar-refractivity contribution in [3.63, 3.8) is 0 Å². The molecule has 2 aliphatic rings. The maximum absolute atomic E-state index is 13.6. The minimum absolute atomic E-state index is 0.149. The van der Waals surface area contributed by atoms with Crippen LogP contribution in [0.1, 0.15) is 54.4 Å². The summed E-state index contributed by atoms with van der Waals surface area (Å²) in [5.74, 6) is 1.35. The molecular formula is C28H28N2O4S. The van der Waals surface area contributed by atoms with Crippen molar-refractivity contribution in [3.8, 4) is 0 Å². The van der Waals surface area contributed by atoms with Crippen LogP contribution in [-0.4, -0.2) is 14.3 Å². The summed E-state index contributed by atoms with van der Waals surface area (Å²) in [6.45, 7) is 8.70. The number of amides is 1. The molecular weight excluding hydrogens is 460 g/mol. The molecule has 6 nitrogen and oxygen atoms in total. The molecule has 1 aliphatic carbocycles. The predicted octanol–water partition coefficient (Wildman–Crippen LogP) is 6.41. The lowest BCUT2D eigenvalue weighted by Crippen LogP contribution is -2.26. The van der Waals surface area contributed by atoms with Crippen LogP contribution < -0.4 is 10.0 Å². The van der Waals surface area contributed by atoms with Gasteiger partial charge in [0.2, 0.25) is 0 Å². The lowest BCUT2D eigenvalue weighted by atomic mass is 9.71. The third-order valence-electron chi connectivity index (χ3n) is 7.64. The van der Waals surface area contributed by atoms with Gasteiger partial charge < -0.3 is 9.73 Å². The quantitative estimate of drug-likeness (QED) is 0.349. The van der Waals surface area contributed by atoms with Gasteiger partial charge in [-0.1, -0.05) is 32.9 Å². The second kappa shape index (κ2) is 7.34. The van der Waals surface area contributed by atoms with Gasteiger partial charge in [-0.05, 0) is 67.0 Å². The van der Waals surface area contributed by atoms with E-state index in [1.54, 1.807) is 30.3 Å². The van der Waals surface area contributed by atoms with Gasteiger partial charge in [-0.2, -0.15) is 0 Å². The van der Waals surface area contributed by atoms with Crippen LogP contribution in [0, 0.1) is 18.3 Å². The van der Waals surface area contributed by atoms with Gasteiger partial charge in [-0.15, -0.1) is 0 Å². The van der Waals surface area contributed by atoms with E-state index in [2.05, 4.69) is 30.8 Å². The summed E-state index contributed by atoms with van der Waals surface area (Å²) < 4.78 is 36.2. The van der Waals surface area contributed by atoms with Crippen molar-refractivity contribution in [2.75, 3.05) is 10.0 Å². The van der Waals surface area contributed by atoms with E-state index in [0.29, 0.717) is 33.6 Å². The highest BCUT2D eigenvalue weighted by molar-refractivity contribution is 7.93. The molecule has 180 valence electrons. The Balaban J connectivity index is 1.43. The maximum atomic E-state index is 13.6. The van der Waals surface area contributed by atoms with Gasteiger partial charge in [-0.25, -0.2) is 8.42 Å². The summed E-state index contributed by atoms with van der Waals surface area (Å²) >= 11 is 0. The normalized spacial score (nSPS) is 17.6. The molecule has 0 saturated heterocycles. The Morgan fingerprint density at radius 1 is 1.09 bits per heavy atom. The van der Waals surface area contributed by atoms with Crippen molar-refractivity contribution in [1.82, 2.24) is 0 Å². The van der Waals surface area contributed by atoms with E-state index in [4.69, 9.17) is 4.42 Å². The minimum atomic E-state index is -3.91. The highest BCUT2D eigenvalue weighted by atomic mass is 32.2. The zero-order valence-electron chi connectivity index (χ0n) is 20.3. The fraction of sp³-hybridized carbons (Fsp3) is 0.321. The van der Waals surface area contributed by atoms with Gasteiger partial charge in [0.15, 0.2) is 0 Å². The van der Waals surface area contributed by atoms with E-state index in [0.717, 1.165) is 41.6 Å². The molecule has 0 bridgehead atoms. The molecule has 3 aromatic carbocycles. The van der Waals surface area contributed by atoms with Crippen LogP contribution in [0.4, 0.5) is 11.4 Å². The van der Waals surface area contributed by atoms with Crippen LogP contribution in [0.3, 0.4) is 0 Å². The molecule has 6 rings (SSSR count). The number of rotatable bonds is 3. The lowest BCUT2D eigenvalue weighted by molar-refractivity contribution is 0.103. The molecule has 1 amide bonds. The zero-order valence-corrected chi connectivity index (χ0v) is 21.1. The van der Waals surface area contributed by atoms with Crippen LogP contribution in [0.15, 0.2) is 51.8 Å². The topological polar surface area (TPSA) is 88.4 Å². The third kappa shape index (κ3) is 3.44. The number of aryl methyl sites for hydroxylation is 2. The first-order valence-corrected chi connectivity index (χ1v) is 13.5. The summed E-state index contributed by atoms with van der Waals surface area (Å²) in [5, 5.41) is 4.95. The maximum Gasteiger partial charge on any atom is 0.262 e. The van der Waals surface area contributed by atoms with Crippen molar-refractivity contribution in [1.29, 1.82) is 0 Å². The Bertz CT molecular complexity index is 1660. The van der Waals surface area contributed by atoms with E-state index in [1.165, 1.54) is 5.56 Å². The first-order chi connectivity index (χ1) is 16.5. The highest BCUT2D eigenvalue weighted by Gasteiger charge is 2.32. The first kappa shape index (κ1) is 22.2. The number of furan rings is 1. The highest BCUT2D eigenvalue weighted by Crippen LogP contribution is 2.43. The van der Waals surface area contributed by atoms with Gasteiger partial charge in [-0.3, -0.25) is 9.52 Å². The van der Waals surface area contributed by atoms with Gasteiger partial charge in [0.1, 0.15) is 11.3 Å². The SMILES string of the molecule is Cc1cc2oc3c(c2cc1NS(=O)(=O)c1ccc2c4c(cccc14)C(=O)N2)CC(C(C)(C)C)CC3. The minimum Gasteiger partial charge on any atom is -0.461 e. The fourth-order valence-electron chi connectivity index (χ4n) is 5.57. The van der Waals surface area contributed by atoms with Gasteiger partial charge in [0.25, 0.3) is 15.9 Å². The number of carbonyl (C=O) groups excluding carboxylic acids is 1. The average molecular weight is 489 g/mol. The predicted molar refractivity (Wildman–Crippen MR) is 139 cm³/mol. The Hall–Kier alpha value is -3.32. The van der Waals surface area contributed by atoms with Crippen molar-refractivity contribution in [3.05, 3.63) is 64.9 Å². The number of anilines is 2. The molecule has 1 atom stereocenters. The van der Waals surface area contributed by atoms with Crippen molar-refractivity contribution in [2.24, 2.45) is 11.3 Å². The van der Waals surface area contributed by atoms with Gasteiger partial charge >= 0.3 is 0 Å². The van der Waals surface area contributed by atoms with Crippen molar-refractivity contribution >= 4 is 49.0 Å². The first-order valence-electron chi connectivity index (χ1n) is 12.0. The van der Waals surface area contributed by atoms with Crippen LogP contribution >= 0.6 is 0 Å². The summed E-state index contributed by atoms with van der Waals surface area (Å²) in [5.41, 5.74) is 4.66. The molecule has 1 aromatic heterocycles. The molecule has 1 aliphatic heterocycles. The van der Waals surface area contributed by atoms with Crippen molar-refractivity contribution < 1.29 is 17.6 Å². The average Bonchev–Trinajstić information content (AvgIpc) is 3.31. The smallest absolute Gasteiger partial charge is 0.262 e. The van der Waals surface area contributed by atoms with E-state index < -0.39 is 10.0 Å². The summed E-state index contributed by atoms with van der Waals surface area (Å²) in [4.78, 5) is 12.4. The Labute approximate surface area is 204 Å². The summed E-state index contributed by atoms with van der Waals surface area (Å²) in [7, 11) is -3.91. The molecule has 0 spiro atoms. The van der Waals surface area contributed by atoms with Crippen LogP contribution in [0.2, 0.25) is 0 Å². The number of benzene rings is 3. The molecule has 0 fully saturated rings. The van der Waals surface area contributed by atoms with Crippen LogP contribution in [-0.2, 0) is 22.9 Å². The van der Waals surface area contributed by atoms with Crippen LogP contribution in [0.25, 0.3) is 21.7 Å². The number of hydrogen-bond donors (Lipinski definition) is 2. The molecule has 0 saturated carbocycles. The number of hydrogen-bond acceptors (Lipinski definition) is 4. The second-order valence-electron chi connectivity index (χ2n) is 10.9. The largest absolute Gasteiger partial charge is 0.461 e. The van der Waals surface area contributed by atoms with Gasteiger partial charge in [0.05, 0.1) is 10.6 Å². The van der Waals surface area contributed by atoms with E-state index in [1.807, 2.05) is 19.1 Å². The summed E-state index contributed by atoms with van der Waals surface area (Å²) in [6, 6.07) is 12.2. The van der Waals surface area contributed by atoms with E-state index in [-0.39, 0.29) is 16.2 Å². The standard InChI is InChI=1S/C28H28N2O4S/c1-15-12-24-20(19-13-16(28(2,3)4)8-10-23(19)34-24)14-22(15)30-35(32,33)25-11-9-21-26-17(25)6-5-7-18(26)27(31)29-21/h5-7,9,11-12,14,16,30H,8,10,13H2,1-4H3,(H,29,31). The summed E-state index contributed by atoms with van der Waals surface area (Å²) in [6.07, 6.45) is 2.92. The monoisotopic (exact) mass is 488 g/mol. The molecule has 4 aromatic rings. The molecule has 2 N–H and O–H groups in total. The number of carbonyl (C=O) groups is 1. The molecule has 2 heterocycles. The Morgan fingerprint density at radius 3 is 2.66 bits per heavy atom. The number of fused-ring (bicyclic) bond motifs is 3. The molecule has 35 heavy (non-hydrogen) atoms. The lowest BCUT2D eigenvalue weighted by Gasteiger charge is -2.33. The van der Waals surface area contributed by atoms with Crippen LogP contribution in [0.5, 0.6) is 0 Å². The van der Waals surface area contributed by atoms with Crippen molar-refractivity contribution in [2.45, 2.75) is 51.9 Å².